The molecule has 2 fully saturated rings. The van der Waals surface area contributed by atoms with Crippen LogP contribution in [0.2, 0.25) is 0 Å². The van der Waals surface area contributed by atoms with Gasteiger partial charge in [0.1, 0.15) is 48.8 Å². The van der Waals surface area contributed by atoms with Crippen LogP contribution < -0.4 is 0 Å². The standard InChI is InChI=1S/C12H22O11/c13-1-3-5(15)7(17)8(18)12(22-3)23-10-6(16)4(2-14)21-11(20)9(10)19/h3-20H,1-2H2/t3-,4-,5+,6-,7+,8+,9+,10+,11+,12+/m1/s1. The highest BCUT2D eigenvalue weighted by atomic mass is 16.7. The maximum absolute atomic E-state index is 10.00. The van der Waals surface area contributed by atoms with Crippen molar-refractivity contribution in [3.63, 3.8) is 0 Å². The zero-order chi connectivity index (χ0) is 17.3. The Kier molecular flexibility index (Phi) is 6.27. The van der Waals surface area contributed by atoms with Gasteiger partial charge in [0.05, 0.1) is 13.2 Å². The van der Waals surface area contributed by atoms with Crippen molar-refractivity contribution >= 4 is 0 Å². The average Bonchev–Trinajstić information content (AvgIpc) is 2.54. The molecule has 0 aliphatic carbocycles. The highest BCUT2D eigenvalue weighted by Crippen LogP contribution is 2.28. The fourth-order valence-corrected chi connectivity index (χ4v) is 2.56. The molecule has 11 nitrogen and oxygen atoms in total. The smallest absolute Gasteiger partial charge is 0.187 e. The molecule has 0 saturated carbocycles. The minimum absolute atomic E-state index is 0.667. The molecule has 2 heterocycles. The Balaban J connectivity index is 2.11. The van der Waals surface area contributed by atoms with Crippen LogP contribution >= 0.6 is 0 Å². The SMILES string of the molecule is OC[C@H]1O[C@@H](O[C@@H]2[C@H](O)[C@@H](O)O[C@H](CO)[C@H]2O)[C@@H](O)[C@@H](O)[C@H]1O. The molecule has 0 amide bonds. The molecule has 136 valence electrons. The van der Waals surface area contributed by atoms with Gasteiger partial charge in [-0.15, -0.1) is 0 Å². The van der Waals surface area contributed by atoms with E-state index >= 15 is 0 Å². The molecule has 0 aromatic carbocycles. The van der Waals surface area contributed by atoms with Gasteiger partial charge in [-0.3, -0.25) is 0 Å². The number of aliphatic hydroxyl groups excluding tert-OH is 8. The summed E-state index contributed by atoms with van der Waals surface area (Å²) in [5, 5.41) is 76.8. The Morgan fingerprint density at radius 1 is 0.652 bits per heavy atom. The predicted octanol–water partition coefficient (Wildman–Crippen LogP) is -5.40. The van der Waals surface area contributed by atoms with E-state index in [1.165, 1.54) is 0 Å². The minimum atomic E-state index is -1.76. The number of ether oxygens (including phenoxy) is 3. The van der Waals surface area contributed by atoms with Gasteiger partial charge in [-0.05, 0) is 0 Å². The van der Waals surface area contributed by atoms with E-state index in [9.17, 15) is 30.6 Å². The van der Waals surface area contributed by atoms with Crippen molar-refractivity contribution in [1.29, 1.82) is 0 Å². The maximum Gasteiger partial charge on any atom is 0.187 e. The van der Waals surface area contributed by atoms with Gasteiger partial charge in [0.2, 0.25) is 0 Å². The van der Waals surface area contributed by atoms with Crippen molar-refractivity contribution in [3.05, 3.63) is 0 Å². The van der Waals surface area contributed by atoms with Crippen molar-refractivity contribution in [1.82, 2.24) is 0 Å². The van der Waals surface area contributed by atoms with E-state index in [0.717, 1.165) is 0 Å². The van der Waals surface area contributed by atoms with Gasteiger partial charge in [0.25, 0.3) is 0 Å². The van der Waals surface area contributed by atoms with Crippen LogP contribution in [0, 0.1) is 0 Å². The normalized spacial score (nSPS) is 51.7. The van der Waals surface area contributed by atoms with Crippen LogP contribution in [0.4, 0.5) is 0 Å². The molecule has 11 heteroatoms. The van der Waals surface area contributed by atoms with Gasteiger partial charge in [0, 0.05) is 0 Å². The molecule has 0 bridgehead atoms. The van der Waals surface area contributed by atoms with Gasteiger partial charge < -0.3 is 55.1 Å². The van der Waals surface area contributed by atoms with E-state index in [1.54, 1.807) is 0 Å². The molecule has 2 aliphatic heterocycles. The topological polar surface area (TPSA) is 190 Å². The lowest BCUT2D eigenvalue weighted by Gasteiger charge is -2.45. The maximum atomic E-state index is 10.00. The first-order valence-electron chi connectivity index (χ1n) is 7.08. The van der Waals surface area contributed by atoms with E-state index < -0.39 is 74.6 Å². The molecule has 2 aliphatic rings. The van der Waals surface area contributed by atoms with Crippen LogP contribution in [0.5, 0.6) is 0 Å². The quantitative estimate of drug-likeness (QED) is 0.243. The Labute approximate surface area is 130 Å². The molecule has 23 heavy (non-hydrogen) atoms. The molecule has 0 aromatic rings. The number of hydrogen-bond acceptors (Lipinski definition) is 11. The summed E-state index contributed by atoms with van der Waals surface area (Å²) in [5.41, 5.74) is 0. The van der Waals surface area contributed by atoms with E-state index in [2.05, 4.69) is 0 Å². The first kappa shape index (κ1) is 18.9. The zero-order valence-electron chi connectivity index (χ0n) is 12.0. The predicted molar refractivity (Wildman–Crippen MR) is 68.6 cm³/mol. The third-order valence-electron chi connectivity index (χ3n) is 3.98. The Morgan fingerprint density at radius 3 is 1.78 bits per heavy atom. The fraction of sp³-hybridized carbons (Fsp3) is 1.00. The summed E-state index contributed by atoms with van der Waals surface area (Å²) in [6.07, 6.45) is -15.7. The van der Waals surface area contributed by atoms with E-state index in [-0.39, 0.29) is 0 Å². The van der Waals surface area contributed by atoms with Gasteiger partial charge >= 0.3 is 0 Å². The molecule has 0 spiro atoms. The second kappa shape index (κ2) is 7.63. The lowest BCUT2D eigenvalue weighted by atomic mass is 9.97. The van der Waals surface area contributed by atoms with Gasteiger partial charge in [-0.2, -0.15) is 0 Å². The fourth-order valence-electron chi connectivity index (χ4n) is 2.56. The largest absolute Gasteiger partial charge is 0.394 e. The van der Waals surface area contributed by atoms with Crippen LogP contribution in [0.25, 0.3) is 0 Å². The monoisotopic (exact) mass is 342 g/mol. The van der Waals surface area contributed by atoms with E-state index in [1.807, 2.05) is 0 Å². The van der Waals surface area contributed by atoms with Gasteiger partial charge in [-0.1, -0.05) is 0 Å². The molecule has 2 saturated heterocycles. The summed E-state index contributed by atoms with van der Waals surface area (Å²) >= 11 is 0. The number of rotatable bonds is 4. The molecule has 8 N–H and O–H groups in total. The summed E-state index contributed by atoms with van der Waals surface area (Å²) in [6, 6.07) is 0. The molecule has 0 unspecified atom stereocenters. The Hall–Kier alpha value is -0.440. The van der Waals surface area contributed by atoms with Crippen molar-refractivity contribution in [2.75, 3.05) is 13.2 Å². The molecular formula is C12H22O11. The highest BCUT2D eigenvalue weighted by molar-refractivity contribution is 4.93. The third kappa shape index (κ3) is 3.65. The Bertz CT molecular complexity index is 380. The van der Waals surface area contributed by atoms with Crippen molar-refractivity contribution in [2.45, 2.75) is 61.4 Å². The average molecular weight is 342 g/mol. The van der Waals surface area contributed by atoms with Crippen molar-refractivity contribution in [2.24, 2.45) is 0 Å². The van der Waals surface area contributed by atoms with Gasteiger partial charge in [-0.25, -0.2) is 0 Å². The molecule has 0 radical (unpaired) electrons. The lowest BCUT2D eigenvalue weighted by molar-refractivity contribution is -0.355. The van der Waals surface area contributed by atoms with Crippen molar-refractivity contribution < 1.29 is 55.1 Å². The number of hydrogen-bond donors (Lipinski definition) is 8. The first-order valence-corrected chi connectivity index (χ1v) is 7.08. The molecular weight excluding hydrogens is 320 g/mol. The van der Waals surface area contributed by atoms with Crippen LogP contribution in [0.1, 0.15) is 0 Å². The molecule has 0 aromatic heterocycles. The summed E-state index contributed by atoms with van der Waals surface area (Å²) in [6.45, 7) is -1.34. The first-order chi connectivity index (χ1) is 10.8. The summed E-state index contributed by atoms with van der Waals surface area (Å²) in [5.74, 6) is 0. The summed E-state index contributed by atoms with van der Waals surface area (Å²) in [4.78, 5) is 0. The van der Waals surface area contributed by atoms with Crippen LogP contribution in [-0.2, 0) is 14.2 Å². The van der Waals surface area contributed by atoms with E-state index in [4.69, 9.17) is 24.4 Å². The van der Waals surface area contributed by atoms with Crippen LogP contribution in [0.3, 0.4) is 0 Å². The molecule has 2 rings (SSSR count). The van der Waals surface area contributed by atoms with E-state index in [0.29, 0.717) is 0 Å². The van der Waals surface area contributed by atoms with Crippen LogP contribution in [0.15, 0.2) is 0 Å². The van der Waals surface area contributed by atoms with Gasteiger partial charge in [0.15, 0.2) is 12.6 Å². The number of aliphatic hydroxyl groups is 8. The molecule has 10 atom stereocenters. The summed E-state index contributed by atoms with van der Waals surface area (Å²) in [7, 11) is 0. The third-order valence-corrected chi connectivity index (χ3v) is 3.98. The lowest BCUT2D eigenvalue weighted by Crippen LogP contribution is -2.64. The second-order valence-corrected chi connectivity index (χ2v) is 5.53. The zero-order valence-corrected chi connectivity index (χ0v) is 12.0. The second-order valence-electron chi connectivity index (χ2n) is 5.53. The summed E-state index contributed by atoms with van der Waals surface area (Å²) < 4.78 is 15.1. The minimum Gasteiger partial charge on any atom is -0.394 e. The van der Waals surface area contributed by atoms with Crippen molar-refractivity contribution in [3.8, 4) is 0 Å². The van der Waals surface area contributed by atoms with Crippen LogP contribution in [-0.4, -0.2) is 115 Å². The Morgan fingerprint density at radius 2 is 1.22 bits per heavy atom. The highest BCUT2D eigenvalue weighted by Gasteiger charge is 2.50.